The Bertz CT molecular complexity index is 319. The van der Waals surface area contributed by atoms with Gasteiger partial charge in [0.15, 0.2) is 0 Å². The largest absolute Gasteiger partial charge is 0.469 e. The van der Waals surface area contributed by atoms with Crippen molar-refractivity contribution in [3.05, 3.63) is 0 Å². The number of carbonyl (C=O) groups is 3. The van der Waals surface area contributed by atoms with Gasteiger partial charge in [0.1, 0.15) is 5.78 Å². The van der Waals surface area contributed by atoms with Crippen molar-refractivity contribution in [2.24, 2.45) is 0 Å². The highest BCUT2D eigenvalue weighted by Crippen LogP contribution is 1.92. The molecule has 7 heteroatoms. The van der Waals surface area contributed by atoms with Gasteiger partial charge in [-0.2, -0.15) is 0 Å². The Labute approximate surface area is 125 Å². The molecule has 0 aliphatic rings. The first-order valence-corrected chi connectivity index (χ1v) is 7.04. The van der Waals surface area contributed by atoms with Crippen molar-refractivity contribution in [1.82, 2.24) is 5.32 Å². The molecular weight excluding hydrogens is 278 g/mol. The zero-order valence-electron chi connectivity index (χ0n) is 12.8. The second-order valence-corrected chi connectivity index (χ2v) is 4.46. The van der Waals surface area contributed by atoms with Crippen molar-refractivity contribution in [3.8, 4) is 0 Å². The van der Waals surface area contributed by atoms with Crippen molar-refractivity contribution in [1.29, 1.82) is 0 Å². The summed E-state index contributed by atoms with van der Waals surface area (Å²) in [5.41, 5.74) is 0. The van der Waals surface area contributed by atoms with E-state index in [2.05, 4.69) is 10.1 Å². The van der Waals surface area contributed by atoms with E-state index < -0.39 is 5.97 Å². The molecule has 0 atom stereocenters. The molecule has 0 saturated heterocycles. The van der Waals surface area contributed by atoms with Crippen LogP contribution in [0.15, 0.2) is 0 Å². The normalized spacial score (nSPS) is 10.2. The second-order valence-electron chi connectivity index (χ2n) is 4.46. The predicted octanol–water partition coefficient (Wildman–Crippen LogP) is 0.458. The van der Waals surface area contributed by atoms with E-state index in [1.165, 1.54) is 7.11 Å². The number of Topliss-reactive ketones (excluding diaryl/α,β-unsaturated/α-hetero) is 1. The summed E-state index contributed by atoms with van der Waals surface area (Å²) in [5.74, 6) is -0.439. The summed E-state index contributed by atoms with van der Waals surface area (Å²) in [6, 6.07) is 0. The van der Waals surface area contributed by atoms with Crippen LogP contribution in [0.5, 0.6) is 0 Å². The maximum atomic E-state index is 11.3. The highest BCUT2D eigenvalue weighted by atomic mass is 16.5. The Kier molecular flexibility index (Phi) is 12.6. The van der Waals surface area contributed by atoms with Crippen molar-refractivity contribution < 1.29 is 28.6 Å². The molecule has 0 bridgehead atoms. The molecule has 7 nitrogen and oxygen atoms in total. The quantitative estimate of drug-likeness (QED) is 0.392. The Morgan fingerprint density at radius 1 is 0.905 bits per heavy atom. The van der Waals surface area contributed by atoms with Crippen molar-refractivity contribution in [3.63, 3.8) is 0 Å². The monoisotopic (exact) mass is 303 g/mol. The van der Waals surface area contributed by atoms with Crippen LogP contribution in [0.2, 0.25) is 0 Å². The summed E-state index contributed by atoms with van der Waals surface area (Å²) in [5, 5.41) is 2.64. The molecule has 1 amide bonds. The summed E-state index contributed by atoms with van der Waals surface area (Å²) < 4.78 is 15.0. The number of carbonyl (C=O) groups excluding carboxylic acids is 3. The first-order chi connectivity index (χ1) is 10.1. The number of rotatable bonds is 13. The Morgan fingerprint density at radius 3 is 2.19 bits per heavy atom. The van der Waals surface area contributed by atoms with E-state index in [1.807, 2.05) is 0 Å². The fraction of sp³-hybridized carbons (Fsp3) is 0.786. The number of hydrogen-bond donors (Lipinski definition) is 1. The Morgan fingerprint density at radius 2 is 1.57 bits per heavy atom. The number of esters is 1. The van der Waals surface area contributed by atoms with E-state index in [1.54, 1.807) is 6.92 Å². The summed E-state index contributed by atoms with van der Waals surface area (Å²) >= 11 is 0. The molecule has 0 aliphatic carbocycles. The van der Waals surface area contributed by atoms with Crippen LogP contribution in [-0.4, -0.2) is 57.7 Å². The average molecular weight is 303 g/mol. The van der Waals surface area contributed by atoms with E-state index in [-0.39, 0.29) is 24.5 Å². The zero-order chi connectivity index (χ0) is 15.9. The second kappa shape index (κ2) is 13.5. The Balaban J connectivity index is 3.23. The molecule has 0 unspecified atom stereocenters. The molecule has 0 aromatic heterocycles. The molecule has 0 spiro atoms. The van der Waals surface area contributed by atoms with Crippen LogP contribution in [0, 0.1) is 0 Å². The van der Waals surface area contributed by atoms with Gasteiger partial charge in [-0.25, -0.2) is 0 Å². The lowest BCUT2D eigenvalue weighted by atomic mass is 10.2. The fourth-order valence-corrected chi connectivity index (χ4v) is 1.41. The van der Waals surface area contributed by atoms with Gasteiger partial charge in [0, 0.05) is 26.0 Å². The van der Waals surface area contributed by atoms with Gasteiger partial charge < -0.3 is 24.3 Å². The topological polar surface area (TPSA) is 90.9 Å². The lowest BCUT2D eigenvalue weighted by Gasteiger charge is -2.07. The molecule has 0 aromatic carbocycles. The number of ketones is 1. The van der Waals surface area contributed by atoms with Gasteiger partial charge in [0.05, 0.1) is 33.4 Å². The minimum absolute atomic E-state index is 0.0806. The molecule has 0 rings (SSSR count). The number of amides is 1. The Hall–Kier alpha value is -1.47. The van der Waals surface area contributed by atoms with E-state index in [9.17, 15) is 14.4 Å². The van der Waals surface area contributed by atoms with Gasteiger partial charge in [0.2, 0.25) is 5.91 Å². The number of methoxy groups -OCH3 is 1. The van der Waals surface area contributed by atoms with Gasteiger partial charge in [-0.1, -0.05) is 0 Å². The van der Waals surface area contributed by atoms with E-state index in [0.29, 0.717) is 39.4 Å². The molecule has 122 valence electrons. The third-order valence-electron chi connectivity index (χ3n) is 2.54. The zero-order valence-corrected chi connectivity index (χ0v) is 12.8. The molecular formula is C14H25NO6. The smallest absolute Gasteiger partial charge is 0.306 e. The molecule has 0 saturated carbocycles. The van der Waals surface area contributed by atoms with Crippen LogP contribution in [0.25, 0.3) is 0 Å². The van der Waals surface area contributed by atoms with Crippen LogP contribution in [-0.2, 0) is 28.6 Å². The van der Waals surface area contributed by atoms with Crippen LogP contribution in [0.1, 0.15) is 32.6 Å². The third-order valence-corrected chi connectivity index (χ3v) is 2.54. The van der Waals surface area contributed by atoms with Crippen molar-refractivity contribution >= 4 is 17.7 Å². The first kappa shape index (κ1) is 19.5. The SMILES string of the molecule is COC(=O)CCC(=O)NCCOCCOCCCC(C)=O. The molecule has 0 aliphatic heterocycles. The summed E-state index contributed by atoms with van der Waals surface area (Å²) in [4.78, 5) is 32.8. The first-order valence-electron chi connectivity index (χ1n) is 7.04. The number of ether oxygens (including phenoxy) is 3. The molecule has 0 radical (unpaired) electrons. The van der Waals surface area contributed by atoms with Gasteiger partial charge in [-0.3, -0.25) is 9.59 Å². The van der Waals surface area contributed by atoms with Crippen LogP contribution in [0.4, 0.5) is 0 Å². The summed E-state index contributed by atoms with van der Waals surface area (Å²) in [6.45, 7) is 3.80. The average Bonchev–Trinajstić information content (AvgIpc) is 2.46. The predicted molar refractivity (Wildman–Crippen MR) is 75.8 cm³/mol. The summed E-state index contributed by atoms with van der Waals surface area (Å²) in [6.07, 6.45) is 1.47. The van der Waals surface area contributed by atoms with Crippen molar-refractivity contribution in [2.75, 3.05) is 40.1 Å². The van der Waals surface area contributed by atoms with Gasteiger partial charge >= 0.3 is 5.97 Å². The highest BCUT2D eigenvalue weighted by molar-refractivity contribution is 5.81. The highest BCUT2D eigenvalue weighted by Gasteiger charge is 2.05. The molecule has 1 N–H and O–H groups in total. The van der Waals surface area contributed by atoms with Crippen LogP contribution < -0.4 is 5.32 Å². The van der Waals surface area contributed by atoms with Gasteiger partial charge in [0.25, 0.3) is 0 Å². The van der Waals surface area contributed by atoms with Gasteiger partial charge in [-0.05, 0) is 13.3 Å². The standard InChI is InChI=1S/C14H25NO6/c1-12(16)4-3-8-20-10-11-21-9-7-15-13(17)5-6-14(18)19-2/h3-11H2,1-2H3,(H,15,17). The van der Waals surface area contributed by atoms with Crippen molar-refractivity contribution in [2.45, 2.75) is 32.6 Å². The number of nitrogens with one attached hydrogen (secondary N) is 1. The summed E-state index contributed by atoms with van der Waals surface area (Å²) in [7, 11) is 1.29. The molecule has 21 heavy (non-hydrogen) atoms. The fourth-order valence-electron chi connectivity index (χ4n) is 1.41. The lowest BCUT2D eigenvalue weighted by molar-refractivity contribution is -0.142. The molecule has 0 aromatic rings. The van der Waals surface area contributed by atoms with Crippen LogP contribution in [0.3, 0.4) is 0 Å². The maximum Gasteiger partial charge on any atom is 0.306 e. The molecule has 0 fully saturated rings. The minimum atomic E-state index is -0.400. The van der Waals surface area contributed by atoms with Crippen LogP contribution >= 0.6 is 0 Å². The maximum absolute atomic E-state index is 11.3. The minimum Gasteiger partial charge on any atom is -0.469 e. The molecule has 0 heterocycles. The van der Waals surface area contributed by atoms with E-state index in [0.717, 1.165) is 6.42 Å². The number of hydrogen-bond acceptors (Lipinski definition) is 6. The third kappa shape index (κ3) is 14.7. The van der Waals surface area contributed by atoms with E-state index >= 15 is 0 Å². The van der Waals surface area contributed by atoms with Gasteiger partial charge in [-0.15, -0.1) is 0 Å². The lowest BCUT2D eigenvalue weighted by Crippen LogP contribution is -2.28. The van der Waals surface area contributed by atoms with E-state index in [4.69, 9.17) is 9.47 Å².